The minimum atomic E-state index is -0.560. The summed E-state index contributed by atoms with van der Waals surface area (Å²) in [6.07, 6.45) is 0. The maximum absolute atomic E-state index is 11.4. The van der Waals surface area contributed by atoms with Gasteiger partial charge in [0, 0.05) is 4.47 Å². The van der Waals surface area contributed by atoms with Gasteiger partial charge in [-0.05, 0) is 31.5 Å². The quantitative estimate of drug-likeness (QED) is 0.846. The van der Waals surface area contributed by atoms with Gasteiger partial charge < -0.3 is 5.32 Å². The summed E-state index contributed by atoms with van der Waals surface area (Å²) in [4.78, 5) is 15.8. The maximum atomic E-state index is 11.4. The smallest absolute Gasteiger partial charge is 0.243 e. The van der Waals surface area contributed by atoms with Crippen LogP contribution in [0.4, 0.5) is 5.13 Å². The third-order valence-electron chi connectivity index (χ3n) is 2.26. The molecule has 1 N–H and O–H groups in total. The Morgan fingerprint density at radius 2 is 2.29 bits per heavy atom. The Labute approximate surface area is 116 Å². The lowest BCUT2D eigenvalue weighted by molar-refractivity contribution is -0.115. The van der Waals surface area contributed by atoms with Crippen LogP contribution in [-0.2, 0) is 4.79 Å². The number of hydrogen-bond acceptors (Lipinski definition) is 3. The second-order valence-corrected chi connectivity index (χ2v) is 6.23. The first-order chi connectivity index (χ1) is 7.97. The molecule has 90 valence electrons. The van der Waals surface area contributed by atoms with Gasteiger partial charge >= 0.3 is 0 Å². The third-order valence-corrected chi connectivity index (χ3v) is 4.25. The molecular weight excluding hydrogens is 324 g/mol. The summed E-state index contributed by atoms with van der Waals surface area (Å²) in [5.74, 6) is -0.235. The van der Waals surface area contributed by atoms with Gasteiger partial charge in [-0.2, -0.15) is 0 Å². The molecule has 0 saturated carbocycles. The molecule has 0 aliphatic carbocycles. The van der Waals surface area contributed by atoms with Gasteiger partial charge in [-0.1, -0.05) is 27.3 Å². The van der Waals surface area contributed by atoms with E-state index in [2.05, 4.69) is 26.2 Å². The Bertz CT molecular complexity index is 543. The lowest BCUT2D eigenvalue weighted by Gasteiger charge is -2.01. The number of nitrogens with one attached hydrogen (secondary N) is 1. The molecule has 1 aromatic heterocycles. The molecule has 17 heavy (non-hydrogen) atoms. The van der Waals surface area contributed by atoms with E-state index in [-0.39, 0.29) is 5.91 Å². The molecule has 1 heterocycles. The van der Waals surface area contributed by atoms with Crippen molar-refractivity contribution in [2.24, 2.45) is 0 Å². The van der Waals surface area contributed by atoms with Crippen molar-refractivity contribution in [2.45, 2.75) is 19.2 Å². The van der Waals surface area contributed by atoms with E-state index in [0.29, 0.717) is 5.13 Å². The van der Waals surface area contributed by atoms with Crippen LogP contribution in [0, 0.1) is 6.92 Å². The number of carbonyl (C=O) groups excluding carboxylic acids is 1. The summed E-state index contributed by atoms with van der Waals surface area (Å²) in [6, 6.07) is 3.98. The Hall–Kier alpha value is -0.650. The number of aryl methyl sites for hydroxylation is 1. The summed E-state index contributed by atoms with van der Waals surface area (Å²) < 4.78 is 2.06. The normalized spacial score (nSPS) is 12.7. The van der Waals surface area contributed by atoms with Crippen molar-refractivity contribution in [3.05, 3.63) is 22.2 Å². The zero-order valence-electron chi connectivity index (χ0n) is 9.25. The second-order valence-electron chi connectivity index (χ2n) is 3.69. The van der Waals surface area contributed by atoms with Crippen LogP contribution in [-0.4, -0.2) is 16.3 Å². The lowest BCUT2D eigenvalue weighted by Crippen LogP contribution is -2.19. The summed E-state index contributed by atoms with van der Waals surface area (Å²) >= 11 is 10.6. The molecule has 0 spiro atoms. The Kier molecular flexibility index (Phi) is 3.70. The topological polar surface area (TPSA) is 42.0 Å². The first-order valence-electron chi connectivity index (χ1n) is 4.99. The van der Waals surface area contributed by atoms with Crippen molar-refractivity contribution in [2.75, 3.05) is 5.32 Å². The van der Waals surface area contributed by atoms with E-state index >= 15 is 0 Å². The van der Waals surface area contributed by atoms with Crippen molar-refractivity contribution >= 4 is 60.1 Å². The number of anilines is 1. The molecule has 6 heteroatoms. The van der Waals surface area contributed by atoms with Crippen LogP contribution in [0.5, 0.6) is 0 Å². The number of carbonyl (C=O) groups is 1. The number of nitrogens with zero attached hydrogens (tertiary/aromatic N) is 1. The summed E-state index contributed by atoms with van der Waals surface area (Å²) in [6.45, 7) is 3.65. The fraction of sp³-hybridized carbons (Fsp3) is 0.273. The summed E-state index contributed by atoms with van der Waals surface area (Å²) in [7, 11) is 0. The first-order valence-corrected chi connectivity index (χ1v) is 7.03. The molecule has 1 amide bonds. The molecule has 0 aliphatic heterocycles. The van der Waals surface area contributed by atoms with Gasteiger partial charge in [-0.25, -0.2) is 4.98 Å². The number of rotatable bonds is 2. The minimum absolute atomic E-state index is 0.235. The fourth-order valence-electron chi connectivity index (χ4n) is 1.31. The van der Waals surface area contributed by atoms with Crippen LogP contribution < -0.4 is 5.32 Å². The highest BCUT2D eigenvalue weighted by Gasteiger charge is 2.12. The predicted molar refractivity (Wildman–Crippen MR) is 76.0 cm³/mol. The van der Waals surface area contributed by atoms with E-state index in [1.165, 1.54) is 11.3 Å². The predicted octanol–water partition coefficient (Wildman–Crippen LogP) is 3.93. The third kappa shape index (κ3) is 2.78. The number of alkyl halides is 1. The van der Waals surface area contributed by atoms with E-state index in [0.717, 1.165) is 20.3 Å². The number of aromatic nitrogens is 1. The van der Waals surface area contributed by atoms with Gasteiger partial charge in [0.2, 0.25) is 5.91 Å². The van der Waals surface area contributed by atoms with Gasteiger partial charge in [-0.15, -0.1) is 11.6 Å². The number of amides is 1. The lowest BCUT2D eigenvalue weighted by atomic mass is 10.2. The van der Waals surface area contributed by atoms with Crippen molar-refractivity contribution in [3.8, 4) is 0 Å². The van der Waals surface area contributed by atoms with Gasteiger partial charge in [-0.3, -0.25) is 4.79 Å². The van der Waals surface area contributed by atoms with Crippen LogP contribution in [0.2, 0.25) is 0 Å². The molecule has 2 rings (SSSR count). The monoisotopic (exact) mass is 332 g/mol. The zero-order chi connectivity index (χ0) is 12.6. The average molecular weight is 334 g/mol. The highest BCUT2D eigenvalue weighted by molar-refractivity contribution is 9.10. The zero-order valence-corrected chi connectivity index (χ0v) is 12.4. The standard InChI is InChI=1S/C11H10BrClN2OS/c1-5-3-9-8(4-7(5)12)14-11(17-9)15-10(16)6(2)13/h3-4,6H,1-2H3,(H,14,15,16)/t6-/m0/s1. The number of thiazole rings is 1. The largest absolute Gasteiger partial charge is 0.301 e. The van der Waals surface area contributed by atoms with Crippen molar-refractivity contribution in [3.63, 3.8) is 0 Å². The van der Waals surface area contributed by atoms with E-state index in [4.69, 9.17) is 11.6 Å². The van der Waals surface area contributed by atoms with Crippen molar-refractivity contribution in [1.82, 2.24) is 4.98 Å². The van der Waals surface area contributed by atoms with E-state index < -0.39 is 5.38 Å². The van der Waals surface area contributed by atoms with Crippen molar-refractivity contribution in [1.29, 1.82) is 0 Å². The SMILES string of the molecule is Cc1cc2sc(NC(=O)[C@H](C)Cl)nc2cc1Br. The molecule has 2 aromatic rings. The van der Waals surface area contributed by atoms with E-state index in [9.17, 15) is 4.79 Å². The Morgan fingerprint density at radius 1 is 1.59 bits per heavy atom. The highest BCUT2D eigenvalue weighted by Crippen LogP contribution is 2.30. The maximum Gasteiger partial charge on any atom is 0.243 e. The van der Waals surface area contributed by atoms with Gasteiger partial charge in [0.25, 0.3) is 0 Å². The minimum Gasteiger partial charge on any atom is -0.301 e. The number of halogens is 2. The number of hydrogen-bond donors (Lipinski definition) is 1. The van der Waals surface area contributed by atoms with Gasteiger partial charge in [0.1, 0.15) is 5.38 Å². The second kappa shape index (κ2) is 4.92. The van der Waals surface area contributed by atoms with Crippen LogP contribution in [0.3, 0.4) is 0 Å². The molecule has 3 nitrogen and oxygen atoms in total. The summed E-state index contributed by atoms with van der Waals surface area (Å²) in [5.41, 5.74) is 2.01. The Balaban J connectivity index is 2.35. The van der Waals surface area contributed by atoms with Gasteiger partial charge in [0.15, 0.2) is 5.13 Å². The number of benzene rings is 1. The number of fused-ring (bicyclic) bond motifs is 1. The van der Waals surface area contributed by atoms with Crippen LogP contribution in [0.15, 0.2) is 16.6 Å². The first kappa shape index (κ1) is 12.8. The molecule has 0 saturated heterocycles. The highest BCUT2D eigenvalue weighted by atomic mass is 79.9. The van der Waals surface area contributed by atoms with Crippen LogP contribution >= 0.6 is 38.9 Å². The van der Waals surface area contributed by atoms with Crippen molar-refractivity contribution < 1.29 is 4.79 Å². The molecule has 1 atom stereocenters. The molecule has 0 bridgehead atoms. The molecule has 0 fully saturated rings. The molecular formula is C11H10BrClN2OS. The molecule has 0 radical (unpaired) electrons. The van der Waals surface area contributed by atoms with Crippen LogP contribution in [0.1, 0.15) is 12.5 Å². The Morgan fingerprint density at radius 3 is 2.94 bits per heavy atom. The summed E-state index contributed by atoms with van der Waals surface area (Å²) in [5, 5.41) is 2.71. The van der Waals surface area contributed by atoms with E-state index in [1.807, 2.05) is 19.1 Å². The molecule has 0 unspecified atom stereocenters. The average Bonchev–Trinajstić information content (AvgIpc) is 2.60. The van der Waals surface area contributed by atoms with Crippen LogP contribution in [0.25, 0.3) is 10.2 Å². The molecule has 0 aliphatic rings. The van der Waals surface area contributed by atoms with Gasteiger partial charge in [0.05, 0.1) is 10.2 Å². The fourth-order valence-corrected chi connectivity index (χ4v) is 2.64. The molecule has 1 aromatic carbocycles. The van der Waals surface area contributed by atoms with E-state index in [1.54, 1.807) is 6.92 Å².